The first-order chi connectivity index (χ1) is 37.0. The van der Waals surface area contributed by atoms with E-state index in [0.717, 1.165) is 0 Å². The molecule has 0 radical (unpaired) electrons. The number of ketones is 4. The molecule has 0 bridgehead atoms. The lowest BCUT2D eigenvalue weighted by molar-refractivity contribution is -0.148. The van der Waals surface area contributed by atoms with Crippen molar-refractivity contribution in [2.24, 2.45) is 34.3 Å². The fourth-order valence-corrected chi connectivity index (χ4v) is 12.8. The second-order valence-electron chi connectivity index (χ2n) is 25.1. The third-order valence-electron chi connectivity index (χ3n) is 16.7. The number of aliphatic hydroxyl groups is 6. The van der Waals surface area contributed by atoms with Gasteiger partial charge in [-0.3, -0.25) is 38.6 Å². The van der Waals surface area contributed by atoms with Crippen LogP contribution in [0.3, 0.4) is 0 Å². The van der Waals surface area contributed by atoms with Gasteiger partial charge in [0.05, 0.1) is 28.8 Å². The third kappa shape index (κ3) is 9.32. The number of nitrogens with zero attached hydrogens (tertiary/aromatic N) is 4. The number of carbonyl (C=O) groups is 6. The summed E-state index contributed by atoms with van der Waals surface area (Å²) in [5.41, 5.74) is -0.943. The standard InChI is InChI=1S/C58H76N8O14/c1-55(2,3)22-60-20-27-18-33(63(6)7)29-15-26-17-32-42(66(12)13)48(72)40(52(76)58(32,80)50(74)36(26)46(70)37(29)43(27)67)54(78)62-24-56(4,5)23-61-21-28-19-34(64(8)9)30-14-25-16-31-41(65(10)11)47(71)39(53(59)77)51(75)57(31,79)49(73)35(25)45(69)38(30)44(28)68/h15,18-19,25,31-32,41-42,60-61,67-68,71-74,79-80H,14,16-17,20-24H2,1-13H3,(H2,59,77)(H,62,78)/t25-,31-,32-,41+,42-,57-,58-/m0/s1. The first-order valence-electron chi connectivity index (χ1n) is 26.6. The number of aliphatic hydroxyl groups excluding tert-OH is 4. The number of anilines is 2. The Morgan fingerprint density at radius 3 is 1.73 bits per heavy atom. The normalized spacial score (nSPS) is 25.8. The molecule has 22 heteroatoms. The molecule has 0 saturated carbocycles. The summed E-state index contributed by atoms with van der Waals surface area (Å²) < 4.78 is 0. The maximum absolute atomic E-state index is 14.7. The number of primary amides is 1. The molecular formula is C58H76N8O14. The fourth-order valence-electron chi connectivity index (χ4n) is 12.8. The number of nitrogens with two attached hydrogens (primary N) is 1. The minimum absolute atomic E-state index is 0.0549. The Bertz CT molecular complexity index is 3230. The summed E-state index contributed by atoms with van der Waals surface area (Å²) in [4.78, 5) is 91.1. The minimum atomic E-state index is -2.87. The van der Waals surface area contributed by atoms with Crippen LogP contribution in [0.5, 0.6) is 11.5 Å². The van der Waals surface area contributed by atoms with Gasteiger partial charge >= 0.3 is 0 Å². The lowest BCUT2D eigenvalue weighted by Gasteiger charge is -2.50. The van der Waals surface area contributed by atoms with Gasteiger partial charge in [0.15, 0.2) is 17.0 Å². The van der Waals surface area contributed by atoms with E-state index in [9.17, 15) is 69.6 Å². The predicted octanol–water partition coefficient (Wildman–Crippen LogP) is 2.49. The fraction of sp³-hybridized carbons (Fsp3) is 0.517. The summed E-state index contributed by atoms with van der Waals surface area (Å²) >= 11 is 0. The molecule has 0 heterocycles. The molecule has 8 rings (SSSR count). The van der Waals surface area contributed by atoms with Gasteiger partial charge in [0.25, 0.3) is 11.8 Å². The van der Waals surface area contributed by atoms with Crippen LogP contribution >= 0.6 is 0 Å². The van der Waals surface area contributed by atoms with Gasteiger partial charge < -0.3 is 72.3 Å². The number of carbonyl (C=O) groups excluding carboxylic acids is 6. The van der Waals surface area contributed by atoms with E-state index in [1.54, 1.807) is 98.2 Å². The minimum Gasteiger partial charge on any atom is -0.510 e. The van der Waals surface area contributed by atoms with Crippen molar-refractivity contribution in [3.8, 4) is 11.5 Å². The van der Waals surface area contributed by atoms with Gasteiger partial charge in [-0.1, -0.05) is 34.6 Å². The molecule has 0 fully saturated rings. The molecule has 2 amide bonds. The molecule has 0 unspecified atom stereocenters. The number of phenolic OH excluding ortho intramolecular Hbond substituents is 2. The summed E-state index contributed by atoms with van der Waals surface area (Å²) in [6.07, 6.45) is 1.46. The highest BCUT2D eigenvalue weighted by molar-refractivity contribution is 6.27. The second-order valence-corrected chi connectivity index (χ2v) is 25.1. The zero-order valence-electron chi connectivity index (χ0n) is 47.7. The Hall–Kier alpha value is -7.08. The van der Waals surface area contributed by atoms with Crippen LogP contribution in [0.1, 0.15) is 90.4 Å². The number of hydrogen-bond donors (Lipinski definition) is 12. The van der Waals surface area contributed by atoms with Crippen LogP contribution in [0.4, 0.5) is 11.4 Å². The van der Waals surface area contributed by atoms with Crippen LogP contribution < -0.4 is 31.5 Å². The van der Waals surface area contributed by atoms with Crippen molar-refractivity contribution in [3.05, 3.63) is 96.4 Å². The number of rotatable bonds is 15. The van der Waals surface area contributed by atoms with Gasteiger partial charge in [-0.15, -0.1) is 0 Å². The van der Waals surface area contributed by atoms with E-state index in [4.69, 9.17) is 5.73 Å². The van der Waals surface area contributed by atoms with E-state index in [2.05, 4.69) is 16.0 Å². The summed E-state index contributed by atoms with van der Waals surface area (Å²) in [6, 6.07) is 1.11. The summed E-state index contributed by atoms with van der Waals surface area (Å²) in [7, 11) is 13.3. The number of aromatic hydroxyl groups is 2. The molecule has 22 nitrogen and oxygen atoms in total. The molecule has 0 saturated heterocycles. The highest BCUT2D eigenvalue weighted by Crippen LogP contribution is 2.55. The third-order valence-corrected chi connectivity index (χ3v) is 16.7. The van der Waals surface area contributed by atoms with Gasteiger partial charge in [-0.2, -0.15) is 0 Å². The van der Waals surface area contributed by atoms with E-state index in [1.807, 2.05) is 20.8 Å². The van der Waals surface area contributed by atoms with Crippen molar-refractivity contribution >= 4 is 52.4 Å². The van der Waals surface area contributed by atoms with Crippen LogP contribution in [0.2, 0.25) is 0 Å². The number of likely N-dealkylation sites (N-methyl/N-ethyl adjacent to an activating group) is 2. The predicted molar refractivity (Wildman–Crippen MR) is 297 cm³/mol. The van der Waals surface area contributed by atoms with Crippen LogP contribution in [-0.4, -0.2) is 185 Å². The Morgan fingerprint density at radius 2 is 1.18 bits per heavy atom. The second kappa shape index (κ2) is 20.5. The number of fused-ring (bicyclic) bond motifs is 6. The number of allylic oxidation sites excluding steroid dienone is 3. The zero-order valence-corrected chi connectivity index (χ0v) is 47.7. The van der Waals surface area contributed by atoms with Gasteiger partial charge in [0.2, 0.25) is 17.3 Å². The topological polar surface area (TPSA) is 339 Å². The van der Waals surface area contributed by atoms with Gasteiger partial charge in [0, 0.05) is 106 Å². The average molecular weight is 1110 g/mol. The maximum Gasteiger partial charge on any atom is 0.258 e. The van der Waals surface area contributed by atoms with Crippen LogP contribution in [0.25, 0.3) is 6.08 Å². The van der Waals surface area contributed by atoms with E-state index < -0.39 is 121 Å². The number of Topliss-reactive ketones (excluding diaryl/α,β-unsaturated/α-hetero) is 4. The smallest absolute Gasteiger partial charge is 0.258 e. The van der Waals surface area contributed by atoms with Crippen molar-refractivity contribution in [1.29, 1.82) is 0 Å². The zero-order chi connectivity index (χ0) is 59.5. The monoisotopic (exact) mass is 1110 g/mol. The number of hydrogen-bond acceptors (Lipinski definition) is 20. The number of amides is 2. The molecule has 13 N–H and O–H groups in total. The lowest BCUT2D eigenvalue weighted by Crippen LogP contribution is -2.63. The Morgan fingerprint density at radius 1 is 0.662 bits per heavy atom. The molecule has 6 aliphatic carbocycles. The van der Waals surface area contributed by atoms with E-state index in [0.29, 0.717) is 34.6 Å². The van der Waals surface area contributed by atoms with Gasteiger partial charge in [-0.25, -0.2) is 0 Å². The molecule has 2 aromatic carbocycles. The van der Waals surface area contributed by atoms with E-state index in [-0.39, 0.29) is 90.0 Å². The largest absolute Gasteiger partial charge is 0.510 e. The Kier molecular flexibility index (Phi) is 15.1. The van der Waals surface area contributed by atoms with Crippen molar-refractivity contribution in [2.75, 3.05) is 85.8 Å². The van der Waals surface area contributed by atoms with Crippen LogP contribution in [0, 0.1) is 28.6 Å². The van der Waals surface area contributed by atoms with Gasteiger partial charge in [-0.05, 0) is 93.5 Å². The lowest BCUT2D eigenvalue weighted by atomic mass is 9.58. The maximum atomic E-state index is 14.7. The highest BCUT2D eigenvalue weighted by Gasteiger charge is 2.65. The average Bonchev–Trinajstić information content (AvgIpc) is 2.80. The Labute approximate surface area is 464 Å². The van der Waals surface area contributed by atoms with Crippen LogP contribution in [0.15, 0.2) is 63.0 Å². The Balaban J connectivity index is 1.03. The van der Waals surface area contributed by atoms with Crippen molar-refractivity contribution < 1.29 is 69.6 Å². The van der Waals surface area contributed by atoms with Gasteiger partial charge in [0.1, 0.15) is 45.7 Å². The number of nitrogens with one attached hydrogen (secondary N) is 3. The molecule has 0 aliphatic heterocycles. The molecule has 7 atom stereocenters. The summed E-state index contributed by atoms with van der Waals surface area (Å²) in [5.74, 6) is -14.1. The molecule has 2 aromatic rings. The molecule has 80 heavy (non-hydrogen) atoms. The molecule has 432 valence electrons. The summed E-state index contributed by atoms with van der Waals surface area (Å²) in [5, 5.41) is 104. The highest BCUT2D eigenvalue weighted by atomic mass is 16.4. The van der Waals surface area contributed by atoms with Crippen molar-refractivity contribution in [3.63, 3.8) is 0 Å². The van der Waals surface area contributed by atoms with Crippen molar-refractivity contribution in [1.82, 2.24) is 25.8 Å². The molecule has 0 aromatic heterocycles. The molecule has 6 aliphatic rings. The molecular weight excluding hydrogens is 1030 g/mol. The SMILES string of the molecule is CN(C)c1cc(CNCC(C)(C)C)c(O)c2c1C=C1C[C@H]3[C@H](N(C)C)C(O)=C(C(=O)NCC(C)(C)CNCc4cc(N(C)C)c5c(c4O)C(=O)C4=C(O)[C@]6(O)C(=O)C(C(N)=O)=C(O)[C@H](N(C)C)[C@@H]6C[C@@H]4C5)C(=O)[C@@]3(O)C(O)=C1C2=O. The number of phenols is 2. The first kappa shape index (κ1) is 59.1. The first-order valence-corrected chi connectivity index (χ1v) is 26.6. The quantitative estimate of drug-likeness (QED) is 0.114. The van der Waals surface area contributed by atoms with Crippen molar-refractivity contribution in [2.45, 2.75) is 90.3 Å². The number of benzene rings is 2. The molecule has 0 spiro atoms. The van der Waals surface area contributed by atoms with E-state index >= 15 is 0 Å². The summed E-state index contributed by atoms with van der Waals surface area (Å²) in [6.45, 7) is 10.4. The van der Waals surface area contributed by atoms with Crippen LogP contribution in [-0.2, 0) is 38.7 Å². The van der Waals surface area contributed by atoms with E-state index in [1.165, 1.54) is 9.80 Å².